The summed E-state index contributed by atoms with van der Waals surface area (Å²) in [5.41, 5.74) is 2.58. The van der Waals surface area contributed by atoms with Crippen LogP contribution in [0.2, 0.25) is 0 Å². The Kier molecular flexibility index (Phi) is 4.38. The van der Waals surface area contributed by atoms with Gasteiger partial charge in [-0.1, -0.05) is 24.3 Å². The van der Waals surface area contributed by atoms with Gasteiger partial charge in [0.2, 0.25) is 5.91 Å². The molecular weight excluding hydrogens is 314 g/mol. The lowest BCUT2D eigenvalue weighted by molar-refractivity contribution is -0.134. The lowest BCUT2D eigenvalue weighted by Gasteiger charge is -2.26. The molecule has 1 saturated carbocycles. The van der Waals surface area contributed by atoms with Crippen LogP contribution in [0.1, 0.15) is 54.6 Å². The minimum absolute atomic E-state index is 0.113. The average Bonchev–Trinajstić information content (AvgIpc) is 2.99. The third kappa shape index (κ3) is 3.23. The van der Waals surface area contributed by atoms with Gasteiger partial charge in [0.15, 0.2) is 0 Å². The number of nitrogens with zero attached hydrogens (tertiary/aromatic N) is 1. The van der Waals surface area contributed by atoms with E-state index >= 15 is 0 Å². The van der Waals surface area contributed by atoms with Gasteiger partial charge in [-0.3, -0.25) is 4.79 Å². The van der Waals surface area contributed by atoms with Gasteiger partial charge in [0.1, 0.15) is 11.9 Å². The van der Waals surface area contributed by atoms with E-state index < -0.39 is 6.10 Å². The summed E-state index contributed by atoms with van der Waals surface area (Å²) >= 11 is 0. The Morgan fingerprint density at radius 3 is 2.92 bits per heavy atom. The predicted octanol–water partition coefficient (Wildman–Crippen LogP) is 3.81. The third-order valence-corrected chi connectivity index (χ3v) is 5.72. The van der Waals surface area contributed by atoms with Crippen LogP contribution in [-0.4, -0.2) is 28.5 Å². The highest BCUT2D eigenvalue weighted by Crippen LogP contribution is 2.50. The van der Waals surface area contributed by atoms with Crippen LogP contribution in [0.15, 0.2) is 47.1 Å². The molecule has 4 nitrogen and oxygen atoms in total. The molecule has 132 valence electrons. The number of aryl methyl sites for hydroxylation is 1. The first kappa shape index (κ1) is 16.4. The summed E-state index contributed by atoms with van der Waals surface area (Å²) in [4.78, 5) is 15.0. The van der Waals surface area contributed by atoms with Crippen molar-refractivity contribution in [2.75, 3.05) is 6.54 Å². The van der Waals surface area contributed by atoms with Gasteiger partial charge >= 0.3 is 0 Å². The molecule has 0 bridgehead atoms. The Morgan fingerprint density at radius 1 is 1.32 bits per heavy atom. The van der Waals surface area contributed by atoms with Crippen LogP contribution in [0, 0.1) is 12.8 Å². The molecule has 1 N–H and O–H groups in total. The van der Waals surface area contributed by atoms with Crippen LogP contribution in [0.25, 0.3) is 0 Å². The largest absolute Gasteiger partial charge is 0.467 e. The minimum Gasteiger partial charge on any atom is -0.467 e. The molecule has 2 heterocycles. The highest BCUT2D eigenvalue weighted by atomic mass is 16.4. The molecule has 25 heavy (non-hydrogen) atoms. The van der Waals surface area contributed by atoms with Crippen molar-refractivity contribution in [3.8, 4) is 0 Å². The molecule has 2 fully saturated rings. The van der Waals surface area contributed by atoms with Gasteiger partial charge in [0, 0.05) is 24.9 Å². The van der Waals surface area contributed by atoms with E-state index in [1.807, 2.05) is 11.0 Å². The number of aliphatic hydroxyl groups excluding tert-OH is 1. The second kappa shape index (κ2) is 6.68. The summed E-state index contributed by atoms with van der Waals surface area (Å²) in [6.45, 7) is 2.93. The Hall–Kier alpha value is -2.07. The standard InChI is InChI=1S/C21H25NO3/c1-14-6-2-3-8-16(14)17-13-18(17)21(24)22-10-4-7-15(22)12-19(23)20-9-5-11-25-20/h2-3,5-6,8-9,11,15,17-19,23H,4,7,10,12-13H2,1H3. The van der Waals surface area contributed by atoms with Gasteiger partial charge in [-0.2, -0.15) is 0 Å². The van der Waals surface area contributed by atoms with E-state index in [0.717, 1.165) is 25.8 Å². The zero-order chi connectivity index (χ0) is 17.4. The fraction of sp³-hybridized carbons (Fsp3) is 0.476. The fourth-order valence-corrected chi connectivity index (χ4v) is 4.25. The first-order valence-electron chi connectivity index (χ1n) is 9.22. The monoisotopic (exact) mass is 339 g/mol. The Balaban J connectivity index is 1.41. The maximum absolute atomic E-state index is 13.0. The number of rotatable bonds is 5. The van der Waals surface area contributed by atoms with Crippen LogP contribution in [0.4, 0.5) is 0 Å². The van der Waals surface area contributed by atoms with Gasteiger partial charge in [-0.05, 0) is 55.4 Å². The molecule has 4 unspecified atom stereocenters. The molecule has 1 aromatic carbocycles. The highest BCUT2D eigenvalue weighted by molar-refractivity contribution is 5.83. The first-order valence-corrected chi connectivity index (χ1v) is 9.22. The maximum atomic E-state index is 13.0. The SMILES string of the molecule is Cc1ccccc1C1CC1C(=O)N1CCCC1CC(O)c1ccco1. The van der Waals surface area contributed by atoms with Crippen molar-refractivity contribution in [3.63, 3.8) is 0 Å². The molecule has 4 rings (SSSR count). The number of furan rings is 1. The summed E-state index contributed by atoms with van der Waals surface area (Å²) in [6, 6.07) is 12.1. The lowest BCUT2D eigenvalue weighted by Crippen LogP contribution is -2.37. The van der Waals surface area contributed by atoms with Crippen molar-refractivity contribution in [2.45, 2.75) is 50.7 Å². The zero-order valence-electron chi connectivity index (χ0n) is 14.6. The summed E-state index contributed by atoms with van der Waals surface area (Å²) < 4.78 is 5.30. The number of amides is 1. The van der Waals surface area contributed by atoms with E-state index in [2.05, 4.69) is 25.1 Å². The van der Waals surface area contributed by atoms with Gasteiger partial charge in [0.25, 0.3) is 0 Å². The zero-order valence-corrected chi connectivity index (χ0v) is 14.6. The number of benzene rings is 1. The van der Waals surface area contributed by atoms with Crippen molar-refractivity contribution >= 4 is 5.91 Å². The van der Waals surface area contributed by atoms with Crippen LogP contribution in [0.3, 0.4) is 0 Å². The molecule has 1 aromatic heterocycles. The van der Waals surface area contributed by atoms with Gasteiger partial charge in [0.05, 0.1) is 6.26 Å². The molecule has 1 saturated heterocycles. The lowest BCUT2D eigenvalue weighted by atomic mass is 10.0. The number of carbonyl (C=O) groups is 1. The van der Waals surface area contributed by atoms with Crippen LogP contribution in [-0.2, 0) is 4.79 Å². The molecule has 0 spiro atoms. The van der Waals surface area contributed by atoms with Gasteiger partial charge in [-0.25, -0.2) is 0 Å². The number of likely N-dealkylation sites (tertiary alicyclic amines) is 1. The third-order valence-electron chi connectivity index (χ3n) is 5.72. The molecule has 2 aliphatic rings. The number of aliphatic hydroxyl groups is 1. The van der Waals surface area contributed by atoms with E-state index in [0.29, 0.717) is 18.1 Å². The van der Waals surface area contributed by atoms with E-state index in [1.54, 1.807) is 18.4 Å². The predicted molar refractivity (Wildman–Crippen MR) is 95.0 cm³/mol. The van der Waals surface area contributed by atoms with Crippen molar-refractivity contribution in [1.82, 2.24) is 4.90 Å². The second-order valence-corrected chi connectivity index (χ2v) is 7.40. The van der Waals surface area contributed by atoms with E-state index in [1.165, 1.54) is 11.1 Å². The van der Waals surface area contributed by atoms with Crippen molar-refractivity contribution in [3.05, 3.63) is 59.5 Å². The topological polar surface area (TPSA) is 53.7 Å². The Labute approximate surface area is 148 Å². The summed E-state index contributed by atoms with van der Waals surface area (Å²) in [5.74, 6) is 1.33. The second-order valence-electron chi connectivity index (χ2n) is 7.40. The van der Waals surface area contributed by atoms with Gasteiger partial charge in [-0.15, -0.1) is 0 Å². The van der Waals surface area contributed by atoms with Gasteiger partial charge < -0.3 is 14.4 Å². The molecule has 0 radical (unpaired) electrons. The fourth-order valence-electron chi connectivity index (χ4n) is 4.25. The number of hydrogen-bond acceptors (Lipinski definition) is 3. The van der Waals surface area contributed by atoms with Crippen LogP contribution >= 0.6 is 0 Å². The molecular formula is C21H25NO3. The summed E-state index contributed by atoms with van der Waals surface area (Å²) in [6.07, 6.45) is 4.43. The minimum atomic E-state index is -0.639. The smallest absolute Gasteiger partial charge is 0.226 e. The van der Waals surface area contributed by atoms with Crippen LogP contribution in [0.5, 0.6) is 0 Å². The molecule has 2 aromatic rings. The van der Waals surface area contributed by atoms with Crippen molar-refractivity contribution < 1.29 is 14.3 Å². The summed E-state index contributed by atoms with van der Waals surface area (Å²) in [7, 11) is 0. The quantitative estimate of drug-likeness (QED) is 0.901. The Bertz CT molecular complexity index is 739. The molecule has 1 aliphatic carbocycles. The Morgan fingerprint density at radius 2 is 2.16 bits per heavy atom. The number of carbonyl (C=O) groups excluding carboxylic acids is 1. The maximum Gasteiger partial charge on any atom is 0.226 e. The average molecular weight is 339 g/mol. The van der Waals surface area contributed by atoms with Crippen molar-refractivity contribution in [1.29, 1.82) is 0 Å². The molecule has 1 aliphatic heterocycles. The number of hydrogen-bond donors (Lipinski definition) is 1. The highest BCUT2D eigenvalue weighted by Gasteiger charge is 2.48. The molecule has 4 atom stereocenters. The molecule has 1 amide bonds. The normalized spacial score (nSPS) is 26.6. The molecule has 4 heteroatoms. The van der Waals surface area contributed by atoms with E-state index in [4.69, 9.17) is 4.42 Å². The van der Waals surface area contributed by atoms with Crippen molar-refractivity contribution in [2.24, 2.45) is 5.92 Å². The first-order chi connectivity index (χ1) is 12.1. The summed E-state index contributed by atoms with van der Waals surface area (Å²) in [5, 5.41) is 10.4. The van der Waals surface area contributed by atoms with E-state index in [-0.39, 0.29) is 17.9 Å². The van der Waals surface area contributed by atoms with E-state index in [9.17, 15) is 9.90 Å². The van der Waals surface area contributed by atoms with Crippen LogP contribution < -0.4 is 0 Å².